The summed E-state index contributed by atoms with van der Waals surface area (Å²) in [5, 5.41) is 20.1. The Labute approximate surface area is 185 Å². The Hall–Kier alpha value is -2.81. The van der Waals surface area contributed by atoms with E-state index in [0.717, 1.165) is 18.4 Å². The summed E-state index contributed by atoms with van der Waals surface area (Å²) in [7, 11) is 0. The van der Waals surface area contributed by atoms with E-state index >= 15 is 0 Å². The van der Waals surface area contributed by atoms with Gasteiger partial charge in [0, 0.05) is 62.4 Å². The highest BCUT2D eigenvalue weighted by molar-refractivity contribution is 6.30. The average Bonchev–Trinajstić information content (AvgIpc) is 3.39. The first-order chi connectivity index (χ1) is 14.9. The maximum Gasteiger partial charge on any atom is 0.404 e. The lowest BCUT2D eigenvalue weighted by molar-refractivity contribution is -0.135. The van der Waals surface area contributed by atoms with E-state index in [2.05, 4.69) is 15.5 Å². The number of carboxylic acid groups (broad SMARTS) is 1. The number of hydrogen-bond acceptors (Lipinski definition) is 6. The van der Waals surface area contributed by atoms with E-state index in [0.29, 0.717) is 49.7 Å². The molecule has 2 aromatic rings. The SMILES string of the molecule is Cc1nnc(N2CCC(C(=O)N3C[C@H](CNC(=O)O)[C@H](c4ccc(Cl)cc4)C3)CC2)o1. The molecule has 2 saturated heterocycles. The van der Waals surface area contributed by atoms with Gasteiger partial charge in [0.15, 0.2) is 0 Å². The third-order valence-electron chi connectivity index (χ3n) is 6.20. The number of hydrogen-bond donors (Lipinski definition) is 2. The van der Waals surface area contributed by atoms with Gasteiger partial charge in [-0.15, -0.1) is 5.10 Å². The number of nitrogens with one attached hydrogen (secondary N) is 1. The quantitative estimate of drug-likeness (QED) is 0.724. The number of halogens is 1. The molecular weight excluding hydrogens is 422 g/mol. The maximum atomic E-state index is 13.3. The Bertz CT molecular complexity index is 926. The lowest BCUT2D eigenvalue weighted by Gasteiger charge is -2.32. The third kappa shape index (κ3) is 4.92. The van der Waals surface area contributed by atoms with Gasteiger partial charge in [-0.2, -0.15) is 0 Å². The van der Waals surface area contributed by atoms with Crippen LogP contribution >= 0.6 is 11.6 Å². The smallest absolute Gasteiger partial charge is 0.404 e. The molecule has 0 spiro atoms. The molecule has 166 valence electrons. The van der Waals surface area contributed by atoms with E-state index < -0.39 is 6.09 Å². The normalized spacial score (nSPS) is 22.0. The molecule has 2 N–H and O–H groups in total. The molecule has 2 atom stereocenters. The van der Waals surface area contributed by atoms with Crippen molar-refractivity contribution in [2.24, 2.45) is 11.8 Å². The number of anilines is 1. The number of carbonyl (C=O) groups is 2. The largest absolute Gasteiger partial charge is 0.465 e. The highest BCUT2D eigenvalue weighted by atomic mass is 35.5. The number of aromatic nitrogens is 2. The second kappa shape index (κ2) is 9.13. The first kappa shape index (κ1) is 21.4. The molecule has 9 nitrogen and oxygen atoms in total. The maximum absolute atomic E-state index is 13.3. The molecular formula is C21H26ClN5O4. The van der Waals surface area contributed by atoms with Crippen LogP contribution in [0.3, 0.4) is 0 Å². The van der Waals surface area contributed by atoms with Gasteiger partial charge in [0.2, 0.25) is 11.8 Å². The second-order valence-electron chi connectivity index (χ2n) is 8.21. The lowest BCUT2D eigenvalue weighted by Crippen LogP contribution is -2.42. The Morgan fingerprint density at radius 3 is 2.52 bits per heavy atom. The standard InChI is InChI=1S/C21H26ClN5O4/c1-13-24-25-20(31-13)26-8-6-15(7-9-26)19(28)27-11-16(10-23-21(29)30)18(12-27)14-2-4-17(22)5-3-14/h2-5,15-16,18,23H,6-12H2,1H3,(H,29,30)/t16-,18-/m0/s1. The first-order valence-electron chi connectivity index (χ1n) is 10.5. The Kier molecular flexibility index (Phi) is 6.31. The van der Waals surface area contributed by atoms with Crippen LogP contribution in [0.2, 0.25) is 5.02 Å². The van der Waals surface area contributed by atoms with Crippen molar-refractivity contribution in [2.75, 3.05) is 37.6 Å². The number of piperidine rings is 1. The predicted octanol–water partition coefficient (Wildman–Crippen LogP) is 2.76. The molecule has 0 radical (unpaired) electrons. The van der Waals surface area contributed by atoms with Gasteiger partial charge in [-0.25, -0.2) is 4.79 Å². The van der Waals surface area contributed by atoms with Crippen molar-refractivity contribution in [3.05, 3.63) is 40.7 Å². The van der Waals surface area contributed by atoms with Crippen LogP contribution in [0.15, 0.2) is 28.7 Å². The van der Waals surface area contributed by atoms with E-state index in [-0.39, 0.29) is 23.7 Å². The molecule has 1 aromatic heterocycles. The summed E-state index contributed by atoms with van der Waals surface area (Å²) in [6.45, 7) is 4.56. The zero-order chi connectivity index (χ0) is 22.0. The molecule has 0 aliphatic carbocycles. The summed E-state index contributed by atoms with van der Waals surface area (Å²) in [6, 6.07) is 8.09. The van der Waals surface area contributed by atoms with Crippen molar-refractivity contribution in [3.8, 4) is 0 Å². The molecule has 2 fully saturated rings. The predicted molar refractivity (Wildman–Crippen MR) is 114 cm³/mol. The summed E-state index contributed by atoms with van der Waals surface area (Å²) >= 11 is 6.02. The first-order valence-corrected chi connectivity index (χ1v) is 10.8. The minimum atomic E-state index is -1.05. The number of likely N-dealkylation sites (tertiary alicyclic amines) is 1. The molecule has 0 unspecified atom stereocenters. The number of nitrogens with zero attached hydrogens (tertiary/aromatic N) is 4. The Balaban J connectivity index is 1.40. The average molecular weight is 448 g/mol. The second-order valence-corrected chi connectivity index (χ2v) is 8.65. The van der Waals surface area contributed by atoms with Crippen molar-refractivity contribution in [2.45, 2.75) is 25.7 Å². The van der Waals surface area contributed by atoms with Crippen LogP contribution in [0.4, 0.5) is 10.8 Å². The molecule has 2 aliphatic heterocycles. The lowest BCUT2D eigenvalue weighted by atomic mass is 9.89. The Morgan fingerprint density at radius 1 is 1.19 bits per heavy atom. The van der Waals surface area contributed by atoms with Crippen molar-refractivity contribution in [1.29, 1.82) is 0 Å². The molecule has 3 heterocycles. The van der Waals surface area contributed by atoms with E-state index in [1.54, 1.807) is 6.92 Å². The molecule has 2 amide bonds. The van der Waals surface area contributed by atoms with Crippen LogP contribution in [-0.4, -0.2) is 64.9 Å². The minimum Gasteiger partial charge on any atom is -0.465 e. The topological polar surface area (TPSA) is 112 Å². The Morgan fingerprint density at radius 2 is 1.90 bits per heavy atom. The van der Waals surface area contributed by atoms with Crippen molar-refractivity contribution in [1.82, 2.24) is 20.4 Å². The van der Waals surface area contributed by atoms with Crippen LogP contribution in [0.25, 0.3) is 0 Å². The molecule has 31 heavy (non-hydrogen) atoms. The zero-order valence-electron chi connectivity index (χ0n) is 17.3. The van der Waals surface area contributed by atoms with Crippen molar-refractivity contribution < 1.29 is 19.1 Å². The van der Waals surface area contributed by atoms with Gasteiger partial charge in [-0.05, 0) is 30.5 Å². The van der Waals surface area contributed by atoms with Gasteiger partial charge in [-0.1, -0.05) is 28.8 Å². The number of carbonyl (C=O) groups excluding carboxylic acids is 1. The fourth-order valence-electron chi connectivity index (χ4n) is 4.55. The molecule has 1 aromatic carbocycles. The van der Waals surface area contributed by atoms with Crippen LogP contribution in [0.5, 0.6) is 0 Å². The minimum absolute atomic E-state index is 0.0164. The molecule has 2 aliphatic rings. The number of benzene rings is 1. The van der Waals surface area contributed by atoms with E-state index in [1.165, 1.54) is 0 Å². The molecule has 4 rings (SSSR count). The van der Waals surface area contributed by atoms with E-state index in [9.17, 15) is 9.59 Å². The summed E-state index contributed by atoms with van der Waals surface area (Å²) < 4.78 is 5.49. The van der Waals surface area contributed by atoms with Crippen LogP contribution in [0, 0.1) is 18.8 Å². The number of rotatable bonds is 5. The van der Waals surface area contributed by atoms with Crippen LogP contribution < -0.4 is 10.2 Å². The molecule has 0 saturated carbocycles. The fourth-order valence-corrected chi connectivity index (χ4v) is 4.68. The third-order valence-corrected chi connectivity index (χ3v) is 6.45. The van der Waals surface area contributed by atoms with E-state index in [1.807, 2.05) is 34.1 Å². The summed E-state index contributed by atoms with van der Waals surface area (Å²) in [5.74, 6) is 0.687. The molecule has 10 heteroatoms. The van der Waals surface area contributed by atoms with Crippen LogP contribution in [-0.2, 0) is 4.79 Å². The van der Waals surface area contributed by atoms with Crippen LogP contribution in [0.1, 0.15) is 30.2 Å². The zero-order valence-corrected chi connectivity index (χ0v) is 18.1. The monoisotopic (exact) mass is 447 g/mol. The van der Waals surface area contributed by atoms with Gasteiger partial charge >= 0.3 is 12.1 Å². The van der Waals surface area contributed by atoms with Crippen molar-refractivity contribution in [3.63, 3.8) is 0 Å². The highest BCUT2D eigenvalue weighted by Gasteiger charge is 2.39. The summed E-state index contributed by atoms with van der Waals surface area (Å²) in [5.41, 5.74) is 1.07. The highest BCUT2D eigenvalue weighted by Crippen LogP contribution is 2.35. The molecule has 0 bridgehead atoms. The summed E-state index contributed by atoms with van der Waals surface area (Å²) in [4.78, 5) is 28.2. The van der Waals surface area contributed by atoms with E-state index in [4.69, 9.17) is 21.1 Å². The van der Waals surface area contributed by atoms with Crippen molar-refractivity contribution >= 4 is 29.6 Å². The van der Waals surface area contributed by atoms with Gasteiger partial charge in [-0.3, -0.25) is 4.79 Å². The van der Waals surface area contributed by atoms with Gasteiger partial charge in [0.25, 0.3) is 0 Å². The van der Waals surface area contributed by atoms with Gasteiger partial charge in [0.1, 0.15) is 0 Å². The summed E-state index contributed by atoms with van der Waals surface area (Å²) in [6.07, 6.45) is 0.393. The fraction of sp³-hybridized carbons (Fsp3) is 0.524. The number of aryl methyl sites for hydroxylation is 1. The number of amides is 2. The van der Waals surface area contributed by atoms with Gasteiger partial charge < -0.3 is 24.6 Å². The van der Waals surface area contributed by atoms with Gasteiger partial charge in [0.05, 0.1) is 0 Å².